The molecule has 0 heterocycles. The van der Waals surface area contributed by atoms with Gasteiger partial charge in [-0.25, -0.2) is 4.39 Å². The molecule has 1 rings (SSSR count). The molecule has 17 heavy (non-hydrogen) atoms. The van der Waals surface area contributed by atoms with E-state index in [0.29, 0.717) is 17.8 Å². The summed E-state index contributed by atoms with van der Waals surface area (Å²) < 4.78 is 50.5. The van der Waals surface area contributed by atoms with E-state index in [1.807, 2.05) is 0 Å². The van der Waals surface area contributed by atoms with Gasteiger partial charge in [-0.1, -0.05) is 15.9 Å². The van der Waals surface area contributed by atoms with E-state index in [0.717, 1.165) is 12.1 Å². The molecule has 0 N–H and O–H groups in total. The van der Waals surface area contributed by atoms with Gasteiger partial charge in [0.2, 0.25) is 0 Å². The minimum Gasteiger partial charge on any atom is -0.294 e. The van der Waals surface area contributed by atoms with Crippen molar-refractivity contribution in [2.24, 2.45) is 0 Å². The zero-order valence-corrected chi connectivity index (χ0v) is 10.2. The SMILES string of the molecule is O=C(CCCBr)c1ccc(F)cc1C(F)(F)F. The second kappa shape index (κ2) is 5.62. The van der Waals surface area contributed by atoms with Crippen LogP contribution in [0.5, 0.6) is 0 Å². The molecule has 0 unspecified atom stereocenters. The average Bonchev–Trinajstić information content (AvgIpc) is 2.24. The van der Waals surface area contributed by atoms with Gasteiger partial charge in [-0.3, -0.25) is 4.79 Å². The van der Waals surface area contributed by atoms with Gasteiger partial charge in [0.15, 0.2) is 5.78 Å². The molecule has 0 saturated carbocycles. The second-order valence-corrected chi connectivity index (χ2v) is 4.20. The number of ketones is 1. The van der Waals surface area contributed by atoms with Crippen molar-refractivity contribution in [3.63, 3.8) is 0 Å². The minimum absolute atomic E-state index is 0.0000373. The normalized spacial score (nSPS) is 11.6. The van der Waals surface area contributed by atoms with Gasteiger partial charge in [0.05, 0.1) is 5.56 Å². The van der Waals surface area contributed by atoms with Crippen molar-refractivity contribution in [3.8, 4) is 0 Å². The number of alkyl halides is 4. The van der Waals surface area contributed by atoms with Crippen molar-refractivity contribution in [1.29, 1.82) is 0 Å². The van der Waals surface area contributed by atoms with Gasteiger partial charge in [0, 0.05) is 17.3 Å². The molecule has 0 aliphatic heterocycles. The molecule has 0 saturated heterocycles. The van der Waals surface area contributed by atoms with Crippen molar-refractivity contribution < 1.29 is 22.4 Å². The first-order valence-corrected chi connectivity index (χ1v) is 5.94. The molecule has 1 nitrogen and oxygen atoms in total. The van der Waals surface area contributed by atoms with E-state index in [4.69, 9.17) is 0 Å². The van der Waals surface area contributed by atoms with Gasteiger partial charge in [0.25, 0.3) is 0 Å². The molecule has 0 spiro atoms. The van der Waals surface area contributed by atoms with Crippen molar-refractivity contribution in [2.75, 3.05) is 5.33 Å². The summed E-state index contributed by atoms with van der Waals surface area (Å²) in [4.78, 5) is 11.5. The monoisotopic (exact) mass is 312 g/mol. The van der Waals surface area contributed by atoms with E-state index in [2.05, 4.69) is 15.9 Å². The van der Waals surface area contributed by atoms with Crippen LogP contribution in [-0.4, -0.2) is 11.1 Å². The van der Waals surface area contributed by atoms with E-state index in [1.54, 1.807) is 0 Å². The number of benzene rings is 1. The highest BCUT2D eigenvalue weighted by molar-refractivity contribution is 9.09. The molecule has 6 heteroatoms. The van der Waals surface area contributed by atoms with Crippen LogP contribution in [0.15, 0.2) is 18.2 Å². The van der Waals surface area contributed by atoms with Crippen LogP contribution < -0.4 is 0 Å². The van der Waals surface area contributed by atoms with Crippen molar-refractivity contribution in [2.45, 2.75) is 19.0 Å². The maximum Gasteiger partial charge on any atom is 0.417 e. The number of rotatable bonds is 4. The summed E-state index contributed by atoms with van der Waals surface area (Å²) in [6.07, 6.45) is -4.28. The molecule has 1 aromatic carbocycles. The molecule has 0 aliphatic rings. The van der Waals surface area contributed by atoms with Crippen LogP contribution in [0.1, 0.15) is 28.8 Å². The quantitative estimate of drug-likeness (QED) is 0.462. The Labute approximate surface area is 104 Å². The molecule has 0 atom stereocenters. The Bertz CT molecular complexity index is 414. The molecule has 1 aromatic rings. The van der Waals surface area contributed by atoms with E-state index in [1.165, 1.54) is 0 Å². The van der Waals surface area contributed by atoms with E-state index >= 15 is 0 Å². The largest absolute Gasteiger partial charge is 0.417 e. The van der Waals surface area contributed by atoms with Crippen molar-refractivity contribution >= 4 is 21.7 Å². The first-order chi connectivity index (χ1) is 7.86. The summed E-state index contributed by atoms with van der Waals surface area (Å²) in [5.74, 6) is -1.63. The van der Waals surface area contributed by atoms with Crippen molar-refractivity contribution in [3.05, 3.63) is 35.1 Å². The first-order valence-electron chi connectivity index (χ1n) is 4.82. The minimum atomic E-state index is -4.72. The highest BCUT2D eigenvalue weighted by atomic mass is 79.9. The predicted octanol–water partition coefficient (Wildman–Crippen LogP) is 4.20. The lowest BCUT2D eigenvalue weighted by molar-refractivity contribution is -0.138. The lowest BCUT2D eigenvalue weighted by Gasteiger charge is -2.11. The predicted molar refractivity (Wildman–Crippen MR) is 58.8 cm³/mol. The third-order valence-corrected chi connectivity index (χ3v) is 2.69. The van der Waals surface area contributed by atoms with Crippen LogP contribution in [-0.2, 0) is 6.18 Å². The fourth-order valence-electron chi connectivity index (χ4n) is 1.36. The molecular formula is C11H9BrF4O. The Kier molecular flexibility index (Phi) is 4.68. The highest BCUT2D eigenvalue weighted by Gasteiger charge is 2.35. The van der Waals surface area contributed by atoms with Crippen LogP contribution in [0.25, 0.3) is 0 Å². The number of Topliss-reactive ketones (excluding diaryl/α,β-unsaturated/α-hetero) is 1. The molecule has 0 amide bonds. The number of carbonyl (C=O) groups is 1. The molecular weight excluding hydrogens is 304 g/mol. The van der Waals surface area contributed by atoms with Gasteiger partial charge in [-0.15, -0.1) is 0 Å². The van der Waals surface area contributed by atoms with E-state index in [9.17, 15) is 22.4 Å². The van der Waals surface area contributed by atoms with Gasteiger partial charge in [0.1, 0.15) is 5.82 Å². The standard InChI is InChI=1S/C11H9BrF4O/c12-5-1-2-10(17)8-4-3-7(13)6-9(8)11(14,15)16/h3-4,6H,1-2,5H2. The van der Waals surface area contributed by atoms with Crippen LogP contribution >= 0.6 is 15.9 Å². The fourth-order valence-corrected chi connectivity index (χ4v) is 1.64. The average molecular weight is 313 g/mol. The van der Waals surface area contributed by atoms with Gasteiger partial charge >= 0.3 is 6.18 Å². The van der Waals surface area contributed by atoms with Crippen LogP contribution in [0.3, 0.4) is 0 Å². The zero-order valence-electron chi connectivity index (χ0n) is 8.65. The second-order valence-electron chi connectivity index (χ2n) is 3.40. The maximum absolute atomic E-state index is 12.8. The van der Waals surface area contributed by atoms with Crippen LogP contribution in [0.2, 0.25) is 0 Å². The molecule has 0 fully saturated rings. The number of halogens is 5. The van der Waals surface area contributed by atoms with E-state index < -0.39 is 28.9 Å². The Balaban J connectivity index is 3.11. The number of carbonyl (C=O) groups excluding carboxylic acids is 1. The smallest absolute Gasteiger partial charge is 0.294 e. The van der Waals surface area contributed by atoms with E-state index in [-0.39, 0.29) is 6.42 Å². The van der Waals surface area contributed by atoms with Gasteiger partial charge < -0.3 is 0 Å². The third kappa shape index (κ3) is 3.80. The molecule has 0 bridgehead atoms. The van der Waals surface area contributed by atoms with Crippen LogP contribution in [0.4, 0.5) is 17.6 Å². The fraction of sp³-hybridized carbons (Fsp3) is 0.364. The molecule has 0 radical (unpaired) electrons. The Hall–Kier alpha value is -0.910. The molecule has 0 aromatic heterocycles. The van der Waals surface area contributed by atoms with Crippen LogP contribution in [0, 0.1) is 5.82 Å². The topological polar surface area (TPSA) is 17.1 Å². The lowest BCUT2D eigenvalue weighted by atomic mass is 10.0. The van der Waals surface area contributed by atoms with Crippen molar-refractivity contribution in [1.82, 2.24) is 0 Å². The summed E-state index contributed by atoms with van der Waals surface area (Å²) in [6.45, 7) is 0. The lowest BCUT2D eigenvalue weighted by Crippen LogP contribution is -2.13. The number of hydrogen-bond acceptors (Lipinski definition) is 1. The first kappa shape index (κ1) is 14.2. The number of hydrogen-bond donors (Lipinski definition) is 0. The summed E-state index contributed by atoms with van der Waals surface area (Å²) in [7, 11) is 0. The molecule has 94 valence electrons. The Morgan fingerprint density at radius 2 is 1.94 bits per heavy atom. The summed E-state index contributed by atoms with van der Waals surface area (Å²) in [6, 6.07) is 2.09. The zero-order chi connectivity index (χ0) is 13.1. The third-order valence-electron chi connectivity index (χ3n) is 2.12. The summed E-state index contributed by atoms with van der Waals surface area (Å²) in [5.41, 5.74) is -1.68. The van der Waals surface area contributed by atoms with Gasteiger partial charge in [-0.2, -0.15) is 13.2 Å². The summed E-state index contributed by atoms with van der Waals surface area (Å²) >= 11 is 3.09. The molecule has 0 aliphatic carbocycles. The van der Waals surface area contributed by atoms with Gasteiger partial charge in [-0.05, 0) is 24.6 Å². The summed E-state index contributed by atoms with van der Waals surface area (Å²) in [5, 5.41) is 0.529. The Morgan fingerprint density at radius 3 is 2.47 bits per heavy atom. The Morgan fingerprint density at radius 1 is 1.29 bits per heavy atom. The highest BCUT2D eigenvalue weighted by Crippen LogP contribution is 2.33. The maximum atomic E-state index is 12.8.